The summed E-state index contributed by atoms with van der Waals surface area (Å²) in [5.41, 5.74) is 1.22. The molecule has 2 aromatic rings. The van der Waals surface area contributed by atoms with Crippen LogP contribution in [-0.2, 0) is 12.7 Å². The predicted molar refractivity (Wildman–Crippen MR) is 83.6 cm³/mol. The quantitative estimate of drug-likeness (QED) is 0.814. The molecule has 130 valence electrons. The maximum Gasteiger partial charge on any atom is 0.416 e. The minimum Gasteiger partial charge on any atom is -0.491 e. The molecular weight excluding hydrogens is 321 g/mol. The van der Waals surface area contributed by atoms with E-state index in [1.807, 2.05) is 19.1 Å². The Hall–Kier alpha value is -2.12. The normalized spacial score (nSPS) is 12.9. The Balaban J connectivity index is 1.73. The number of halogens is 3. The Labute approximate surface area is 138 Å². The molecule has 1 heterocycles. The van der Waals surface area contributed by atoms with Gasteiger partial charge in [-0.1, -0.05) is 6.07 Å². The second kappa shape index (κ2) is 8.12. The summed E-state index contributed by atoms with van der Waals surface area (Å²) in [6, 6.07) is 8.16. The van der Waals surface area contributed by atoms with E-state index in [0.29, 0.717) is 13.1 Å². The van der Waals surface area contributed by atoms with Gasteiger partial charge in [0.05, 0.1) is 5.56 Å². The van der Waals surface area contributed by atoms with E-state index in [4.69, 9.17) is 4.74 Å². The molecule has 24 heavy (non-hydrogen) atoms. The average molecular weight is 340 g/mol. The van der Waals surface area contributed by atoms with E-state index in [1.165, 1.54) is 12.1 Å². The highest BCUT2D eigenvalue weighted by Crippen LogP contribution is 2.30. The van der Waals surface area contributed by atoms with Gasteiger partial charge in [0.25, 0.3) is 0 Å². The van der Waals surface area contributed by atoms with Crippen molar-refractivity contribution in [2.24, 2.45) is 0 Å². The van der Waals surface area contributed by atoms with Crippen LogP contribution in [0.2, 0.25) is 0 Å². The van der Waals surface area contributed by atoms with Crippen LogP contribution in [0.4, 0.5) is 13.2 Å². The van der Waals surface area contributed by atoms with Crippen molar-refractivity contribution in [2.45, 2.75) is 25.7 Å². The summed E-state index contributed by atoms with van der Waals surface area (Å²) in [7, 11) is 0. The van der Waals surface area contributed by atoms with Crippen LogP contribution in [-0.4, -0.2) is 29.3 Å². The van der Waals surface area contributed by atoms with Gasteiger partial charge in [0.15, 0.2) is 0 Å². The number of aromatic nitrogens is 1. The van der Waals surface area contributed by atoms with Crippen LogP contribution in [0.15, 0.2) is 42.6 Å². The molecule has 0 saturated heterocycles. The third kappa shape index (κ3) is 5.50. The Morgan fingerprint density at radius 2 is 1.92 bits per heavy atom. The van der Waals surface area contributed by atoms with Gasteiger partial charge < -0.3 is 15.2 Å². The number of nitrogens with one attached hydrogen (secondary N) is 1. The van der Waals surface area contributed by atoms with Gasteiger partial charge in [-0.05, 0) is 42.8 Å². The van der Waals surface area contributed by atoms with Crippen molar-refractivity contribution in [2.75, 3.05) is 13.2 Å². The van der Waals surface area contributed by atoms with Crippen LogP contribution < -0.4 is 10.1 Å². The zero-order valence-corrected chi connectivity index (χ0v) is 13.2. The Kier molecular flexibility index (Phi) is 6.16. The SMILES string of the molecule is Cc1ncccc1CNCC(O)COc1ccc(C(F)(F)F)cc1. The number of hydrogen-bond donors (Lipinski definition) is 2. The van der Waals surface area contributed by atoms with Crippen molar-refractivity contribution >= 4 is 0 Å². The molecule has 0 saturated carbocycles. The number of pyridine rings is 1. The molecule has 0 fully saturated rings. The molecule has 2 N–H and O–H groups in total. The first-order valence-electron chi connectivity index (χ1n) is 7.45. The van der Waals surface area contributed by atoms with Crippen molar-refractivity contribution in [3.63, 3.8) is 0 Å². The van der Waals surface area contributed by atoms with E-state index in [0.717, 1.165) is 23.4 Å². The van der Waals surface area contributed by atoms with Crippen molar-refractivity contribution in [1.82, 2.24) is 10.3 Å². The number of benzene rings is 1. The highest BCUT2D eigenvalue weighted by Gasteiger charge is 2.30. The highest BCUT2D eigenvalue weighted by molar-refractivity contribution is 5.28. The third-order valence-electron chi connectivity index (χ3n) is 3.44. The molecule has 1 aromatic carbocycles. The second-order valence-corrected chi connectivity index (χ2v) is 5.37. The van der Waals surface area contributed by atoms with Crippen LogP contribution in [0.1, 0.15) is 16.8 Å². The monoisotopic (exact) mass is 340 g/mol. The largest absolute Gasteiger partial charge is 0.491 e. The number of aliphatic hydroxyl groups excluding tert-OH is 1. The van der Waals surface area contributed by atoms with Crippen LogP contribution in [0, 0.1) is 6.92 Å². The number of rotatable bonds is 7. The van der Waals surface area contributed by atoms with Gasteiger partial charge in [-0.3, -0.25) is 4.98 Å². The predicted octanol–water partition coefficient (Wildman–Crippen LogP) is 2.94. The summed E-state index contributed by atoms with van der Waals surface area (Å²) in [6.45, 7) is 2.76. The maximum absolute atomic E-state index is 12.4. The van der Waals surface area contributed by atoms with Crippen molar-refractivity contribution in [1.29, 1.82) is 0 Å². The van der Waals surface area contributed by atoms with Crippen LogP contribution >= 0.6 is 0 Å². The van der Waals surface area contributed by atoms with Gasteiger partial charge in [0.2, 0.25) is 0 Å². The third-order valence-corrected chi connectivity index (χ3v) is 3.44. The summed E-state index contributed by atoms with van der Waals surface area (Å²) >= 11 is 0. The molecule has 0 aliphatic rings. The van der Waals surface area contributed by atoms with E-state index in [2.05, 4.69) is 10.3 Å². The first-order chi connectivity index (χ1) is 11.4. The van der Waals surface area contributed by atoms with E-state index >= 15 is 0 Å². The van der Waals surface area contributed by atoms with Gasteiger partial charge in [-0.15, -0.1) is 0 Å². The number of hydrogen-bond acceptors (Lipinski definition) is 4. The molecule has 0 radical (unpaired) electrons. The molecule has 1 aromatic heterocycles. The lowest BCUT2D eigenvalue weighted by atomic mass is 10.2. The molecule has 1 unspecified atom stereocenters. The van der Waals surface area contributed by atoms with E-state index in [9.17, 15) is 18.3 Å². The zero-order chi connectivity index (χ0) is 17.6. The Bertz CT molecular complexity index is 645. The number of aliphatic hydroxyl groups is 1. The van der Waals surface area contributed by atoms with Crippen molar-refractivity contribution in [3.05, 3.63) is 59.4 Å². The zero-order valence-electron chi connectivity index (χ0n) is 13.2. The molecule has 7 heteroatoms. The Morgan fingerprint density at radius 1 is 1.21 bits per heavy atom. The molecule has 0 bridgehead atoms. The van der Waals surface area contributed by atoms with Crippen molar-refractivity contribution < 1.29 is 23.0 Å². The van der Waals surface area contributed by atoms with Crippen molar-refractivity contribution in [3.8, 4) is 5.75 Å². The number of ether oxygens (including phenoxy) is 1. The lowest BCUT2D eigenvalue weighted by molar-refractivity contribution is -0.137. The first kappa shape index (κ1) is 18.2. The van der Waals surface area contributed by atoms with Gasteiger partial charge in [-0.25, -0.2) is 0 Å². The number of aryl methyl sites for hydroxylation is 1. The lowest BCUT2D eigenvalue weighted by Crippen LogP contribution is -2.31. The van der Waals surface area contributed by atoms with Gasteiger partial charge >= 0.3 is 6.18 Å². The van der Waals surface area contributed by atoms with Crippen LogP contribution in [0.5, 0.6) is 5.75 Å². The first-order valence-corrected chi connectivity index (χ1v) is 7.45. The summed E-state index contributed by atoms with van der Waals surface area (Å²) in [5, 5.41) is 12.9. The molecule has 2 rings (SSSR count). The fourth-order valence-electron chi connectivity index (χ4n) is 2.07. The average Bonchev–Trinajstić information content (AvgIpc) is 2.54. The minimum absolute atomic E-state index is 0.00954. The molecule has 0 aliphatic carbocycles. The highest BCUT2D eigenvalue weighted by atomic mass is 19.4. The lowest BCUT2D eigenvalue weighted by Gasteiger charge is -2.14. The smallest absolute Gasteiger partial charge is 0.416 e. The topological polar surface area (TPSA) is 54.4 Å². The summed E-state index contributed by atoms with van der Waals surface area (Å²) in [4.78, 5) is 4.17. The summed E-state index contributed by atoms with van der Waals surface area (Å²) in [6.07, 6.45) is -3.43. The standard InChI is InChI=1S/C17H19F3N2O2/c1-12-13(3-2-8-22-12)9-21-10-15(23)11-24-16-6-4-14(5-7-16)17(18,19)20/h2-8,15,21,23H,9-11H2,1H3. The summed E-state index contributed by atoms with van der Waals surface area (Å²) in [5.74, 6) is 0.283. The fraction of sp³-hybridized carbons (Fsp3) is 0.353. The van der Waals surface area contributed by atoms with E-state index < -0.39 is 17.8 Å². The summed E-state index contributed by atoms with van der Waals surface area (Å²) < 4.78 is 42.6. The molecule has 0 spiro atoms. The molecule has 1 atom stereocenters. The molecular formula is C17H19F3N2O2. The minimum atomic E-state index is -4.37. The second-order valence-electron chi connectivity index (χ2n) is 5.37. The number of alkyl halides is 3. The Morgan fingerprint density at radius 3 is 2.54 bits per heavy atom. The number of nitrogens with zero attached hydrogens (tertiary/aromatic N) is 1. The molecule has 0 amide bonds. The van der Waals surface area contributed by atoms with Crippen LogP contribution in [0.3, 0.4) is 0 Å². The van der Waals surface area contributed by atoms with Crippen LogP contribution in [0.25, 0.3) is 0 Å². The van der Waals surface area contributed by atoms with E-state index in [-0.39, 0.29) is 12.4 Å². The van der Waals surface area contributed by atoms with Gasteiger partial charge in [0.1, 0.15) is 18.5 Å². The fourth-order valence-corrected chi connectivity index (χ4v) is 2.07. The maximum atomic E-state index is 12.4. The molecule has 4 nitrogen and oxygen atoms in total. The van der Waals surface area contributed by atoms with Gasteiger partial charge in [0, 0.05) is 25.0 Å². The molecule has 0 aliphatic heterocycles. The van der Waals surface area contributed by atoms with E-state index in [1.54, 1.807) is 6.20 Å². The van der Waals surface area contributed by atoms with Gasteiger partial charge in [-0.2, -0.15) is 13.2 Å².